The van der Waals surface area contributed by atoms with Crippen LogP contribution in [0.2, 0.25) is 0 Å². The highest BCUT2D eigenvalue weighted by atomic mass is 19.3. The van der Waals surface area contributed by atoms with Gasteiger partial charge in [0.15, 0.2) is 0 Å². The normalized spacial score (nSPS) is 10.8. The highest BCUT2D eigenvalue weighted by Crippen LogP contribution is 2.27. The first kappa shape index (κ1) is 12.3. The summed E-state index contributed by atoms with van der Waals surface area (Å²) in [5.41, 5.74) is 10.3. The van der Waals surface area contributed by atoms with Crippen LogP contribution in [0, 0.1) is 0 Å². The van der Waals surface area contributed by atoms with E-state index in [2.05, 4.69) is 4.98 Å². The molecule has 0 aliphatic heterocycles. The summed E-state index contributed by atoms with van der Waals surface area (Å²) in [6, 6.07) is 1.08. The van der Waals surface area contributed by atoms with Gasteiger partial charge in [-0.1, -0.05) is 0 Å². The van der Waals surface area contributed by atoms with Crippen LogP contribution in [0.5, 0.6) is 0 Å². The maximum Gasteiger partial charge on any atom is 0.307 e. The van der Waals surface area contributed by atoms with Gasteiger partial charge in [-0.25, -0.2) is 13.8 Å². The van der Waals surface area contributed by atoms with Crippen LogP contribution in [0.4, 0.5) is 14.6 Å². The number of aliphatic carboxylic acids is 1. The SMILES string of the molecule is NCc1cc(C(F)F)c(CC(=O)O)c(N)n1. The molecule has 88 valence electrons. The van der Waals surface area contributed by atoms with Crippen molar-refractivity contribution in [1.29, 1.82) is 0 Å². The fraction of sp³-hybridized carbons (Fsp3) is 0.333. The Labute approximate surface area is 90.1 Å². The summed E-state index contributed by atoms with van der Waals surface area (Å²) >= 11 is 0. The lowest BCUT2D eigenvalue weighted by molar-refractivity contribution is -0.136. The van der Waals surface area contributed by atoms with Gasteiger partial charge in [-0.2, -0.15) is 0 Å². The molecule has 7 heteroatoms. The molecule has 0 spiro atoms. The number of nitrogen functional groups attached to an aromatic ring is 1. The summed E-state index contributed by atoms with van der Waals surface area (Å²) in [6.07, 6.45) is -3.38. The molecule has 0 aromatic carbocycles. The second-order valence-electron chi connectivity index (χ2n) is 3.14. The summed E-state index contributed by atoms with van der Waals surface area (Å²) < 4.78 is 25.3. The number of hydrogen-bond donors (Lipinski definition) is 3. The number of hydrogen-bond acceptors (Lipinski definition) is 4. The minimum atomic E-state index is -2.80. The van der Waals surface area contributed by atoms with Gasteiger partial charge in [0, 0.05) is 17.7 Å². The predicted molar refractivity (Wildman–Crippen MR) is 52.8 cm³/mol. The van der Waals surface area contributed by atoms with Crippen LogP contribution < -0.4 is 11.5 Å². The van der Waals surface area contributed by atoms with E-state index in [0.29, 0.717) is 0 Å². The van der Waals surface area contributed by atoms with Crippen LogP contribution in [-0.4, -0.2) is 16.1 Å². The van der Waals surface area contributed by atoms with Crippen LogP contribution in [0.15, 0.2) is 6.07 Å². The monoisotopic (exact) mass is 231 g/mol. The molecule has 1 heterocycles. The Morgan fingerprint density at radius 3 is 2.62 bits per heavy atom. The number of rotatable bonds is 4. The second-order valence-corrected chi connectivity index (χ2v) is 3.14. The van der Waals surface area contributed by atoms with Gasteiger partial charge in [-0.3, -0.25) is 4.79 Å². The van der Waals surface area contributed by atoms with Gasteiger partial charge >= 0.3 is 5.97 Å². The number of carbonyl (C=O) groups is 1. The molecule has 5 N–H and O–H groups in total. The van der Waals surface area contributed by atoms with Crippen molar-refractivity contribution in [3.8, 4) is 0 Å². The highest BCUT2D eigenvalue weighted by molar-refractivity contribution is 5.73. The number of halogens is 2. The molecule has 16 heavy (non-hydrogen) atoms. The van der Waals surface area contributed by atoms with E-state index in [1.54, 1.807) is 0 Å². The van der Waals surface area contributed by atoms with Gasteiger partial charge < -0.3 is 16.6 Å². The van der Waals surface area contributed by atoms with Crippen molar-refractivity contribution in [2.75, 3.05) is 5.73 Å². The molecule has 0 saturated heterocycles. The zero-order chi connectivity index (χ0) is 12.3. The lowest BCUT2D eigenvalue weighted by Crippen LogP contribution is -2.12. The lowest BCUT2D eigenvalue weighted by atomic mass is 10.0. The van der Waals surface area contributed by atoms with Crippen LogP contribution in [-0.2, 0) is 17.8 Å². The lowest BCUT2D eigenvalue weighted by Gasteiger charge is -2.11. The van der Waals surface area contributed by atoms with Crippen molar-refractivity contribution in [1.82, 2.24) is 4.98 Å². The third-order valence-corrected chi connectivity index (χ3v) is 2.02. The standard InChI is InChI=1S/C9H11F2N3O2/c10-8(11)5-1-4(3-12)14-9(13)6(5)2-7(15)16/h1,8H,2-3,12H2,(H2,13,14)(H,15,16). The molecular weight excluding hydrogens is 220 g/mol. The molecule has 0 aliphatic carbocycles. The van der Waals surface area contributed by atoms with Crippen molar-refractivity contribution in [3.63, 3.8) is 0 Å². The molecule has 0 saturated carbocycles. The topological polar surface area (TPSA) is 102 Å². The Morgan fingerprint density at radius 2 is 2.19 bits per heavy atom. The van der Waals surface area contributed by atoms with Crippen LogP contribution in [0.1, 0.15) is 23.2 Å². The number of nitrogens with zero attached hydrogens (tertiary/aromatic N) is 1. The van der Waals surface area contributed by atoms with E-state index in [1.165, 1.54) is 0 Å². The number of nitrogens with two attached hydrogens (primary N) is 2. The average molecular weight is 231 g/mol. The van der Waals surface area contributed by atoms with E-state index < -0.39 is 24.4 Å². The van der Waals surface area contributed by atoms with Gasteiger partial charge in [-0.15, -0.1) is 0 Å². The molecule has 1 rings (SSSR count). The molecule has 0 radical (unpaired) electrons. The molecule has 0 unspecified atom stereocenters. The number of aromatic nitrogens is 1. The smallest absolute Gasteiger partial charge is 0.307 e. The maximum absolute atomic E-state index is 12.7. The number of pyridine rings is 1. The molecule has 1 aromatic heterocycles. The third kappa shape index (κ3) is 2.63. The van der Waals surface area contributed by atoms with E-state index in [1.807, 2.05) is 0 Å². The van der Waals surface area contributed by atoms with Crippen LogP contribution in [0.25, 0.3) is 0 Å². The number of anilines is 1. The number of alkyl halides is 2. The molecule has 0 atom stereocenters. The zero-order valence-corrected chi connectivity index (χ0v) is 8.28. The number of carboxylic acids is 1. The van der Waals surface area contributed by atoms with E-state index in [9.17, 15) is 13.6 Å². The van der Waals surface area contributed by atoms with Crippen molar-refractivity contribution >= 4 is 11.8 Å². The Morgan fingerprint density at radius 1 is 1.56 bits per heavy atom. The van der Waals surface area contributed by atoms with Gasteiger partial charge in [0.1, 0.15) is 5.82 Å². The van der Waals surface area contributed by atoms with Gasteiger partial charge in [-0.05, 0) is 6.07 Å². The summed E-state index contributed by atoms with van der Waals surface area (Å²) in [6.45, 7) is -0.0305. The van der Waals surface area contributed by atoms with E-state index in [4.69, 9.17) is 16.6 Å². The maximum atomic E-state index is 12.7. The average Bonchev–Trinajstić information content (AvgIpc) is 2.19. The summed E-state index contributed by atoms with van der Waals surface area (Å²) in [7, 11) is 0. The van der Waals surface area contributed by atoms with Gasteiger partial charge in [0.05, 0.1) is 12.1 Å². The van der Waals surface area contributed by atoms with Crippen LogP contribution in [0.3, 0.4) is 0 Å². The minimum absolute atomic E-state index is 0.0305. The van der Waals surface area contributed by atoms with E-state index in [-0.39, 0.29) is 23.6 Å². The van der Waals surface area contributed by atoms with Gasteiger partial charge in [0.2, 0.25) is 0 Å². The molecule has 0 fully saturated rings. The first-order valence-electron chi connectivity index (χ1n) is 4.43. The minimum Gasteiger partial charge on any atom is -0.481 e. The Kier molecular flexibility index (Phi) is 3.73. The fourth-order valence-corrected chi connectivity index (χ4v) is 1.31. The molecule has 0 amide bonds. The quantitative estimate of drug-likeness (QED) is 0.707. The van der Waals surface area contributed by atoms with E-state index >= 15 is 0 Å². The Balaban J connectivity index is 3.27. The van der Waals surface area contributed by atoms with E-state index in [0.717, 1.165) is 6.07 Å². The third-order valence-electron chi connectivity index (χ3n) is 2.02. The molecule has 0 aliphatic rings. The number of carboxylic acid groups (broad SMARTS) is 1. The Hall–Kier alpha value is -1.76. The zero-order valence-electron chi connectivity index (χ0n) is 8.28. The molecule has 1 aromatic rings. The summed E-state index contributed by atoms with van der Waals surface area (Å²) in [5, 5.41) is 8.57. The molecular formula is C9H11F2N3O2. The van der Waals surface area contributed by atoms with Crippen molar-refractivity contribution in [2.24, 2.45) is 5.73 Å². The van der Waals surface area contributed by atoms with Crippen LogP contribution >= 0.6 is 0 Å². The van der Waals surface area contributed by atoms with Crippen molar-refractivity contribution in [3.05, 3.63) is 22.9 Å². The summed E-state index contributed by atoms with van der Waals surface area (Å²) in [4.78, 5) is 14.2. The van der Waals surface area contributed by atoms with Crippen molar-refractivity contribution < 1.29 is 18.7 Å². The largest absolute Gasteiger partial charge is 0.481 e. The van der Waals surface area contributed by atoms with Crippen molar-refractivity contribution in [2.45, 2.75) is 19.4 Å². The predicted octanol–water partition coefficient (Wildman–Crippen LogP) is 0.687. The first-order valence-corrected chi connectivity index (χ1v) is 4.43. The Bertz CT molecular complexity index is 410. The molecule has 5 nitrogen and oxygen atoms in total. The summed E-state index contributed by atoms with van der Waals surface area (Å²) in [5.74, 6) is -1.45. The van der Waals surface area contributed by atoms with Gasteiger partial charge in [0.25, 0.3) is 6.43 Å². The second kappa shape index (κ2) is 4.84. The highest BCUT2D eigenvalue weighted by Gasteiger charge is 2.19. The fourth-order valence-electron chi connectivity index (χ4n) is 1.31. The molecule has 0 bridgehead atoms. The first-order chi connectivity index (χ1) is 7.45.